The molecule has 0 aliphatic heterocycles. The molecule has 1 aromatic heterocycles. The van der Waals surface area contributed by atoms with Gasteiger partial charge in [-0.1, -0.05) is 6.07 Å². The summed E-state index contributed by atoms with van der Waals surface area (Å²) in [4.78, 5) is 3.68. The summed E-state index contributed by atoms with van der Waals surface area (Å²) in [6.07, 6.45) is -8.88. The second-order valence-electron chi connectivity index (χ2n) is 5.66. The van der Waals surface area contributed by atoms with E-state index in [0.29, 0.717) is 6.07 Å². The topological polar surface area (TPSA) is 42.4 Å². The van der Waals surface area contributed by atoms with Gasteiger partial charge < -0.3 is 9.84 Å². The molecule has 2 aromatic carbocycles. The summed E-state index contributed by atoms with van der Waals surface area (Å²) in [6.45, 7) is 0. The smallest absolute Gasteiger partial charge is 0.417 e. The van der Waals surface area contributed by atoms with Crippen LogP contribution >= 0.6 is 0 Å². The molecule has 27 heavy (non-hydrogen) atoms. The van der Waals surface area contributed by atoms with Gasteiger partial charge in [-0.25, -0.2) is 0 Å². The van der Waals surface area contributed by atoms with Gasteiger partial charge in [-0.2, -0.15) is 26.3 Å². The fourth-order valence-corrected chi connectivity index (χ4v) is 2.77. The molecule has 1 N–H and O–H groups in total. The summed E-state index contributed by atoms with van der Waals surface area (Å²) in [5, 5.41) is 9.41. The first-order valence-electron chi connectivity index (χ1n) is 7.47. The van der Waals surface area contributed by atoms with E-state index in [1.807, 2.05) is 0 Å². The number of rotatable bonds is 2. The van der Waals surface area contributed by atoms with Crippen LogP contribution in [-0.2, 0) is 12.4 Å². The normalized spacial score (nSPS) is 12.4. The van der Waals surface area contributed by atoms with E-state index < -0.39 is 34.4 Å². The Morgan fingerprint density at radius 2 is 1.63 bits per heavy atom. The van der Waals surface area contributed by atoms with Crippen molar-refractivity contribution in [2.24, 2.45) is 0 Å². The van der Waals surface area contributed by atoms with Crippen LogP contribution in [-0.4, -0.2) is 17.2 Å². The number of halogens is 6. The number of pyridine rings is 1. The highest BCUT2D eigenvalue weighted by Gasteiger charge is 2.39. The molecule has 0 bridgehead atoms. The third-order valence-electron chi connectivity index (χ3n) is 3.96. The number of aromatic hydroxyl groups is 1. The van der Waals surface area contributed by atoms with Crippen molar-refractivity contribution in [3.8, 4) is 22.6 Å². The first kappa shape index (κ1) is 18.8. The maximum atomic E-state index is 13.5. The molecular weight excluding hydrogens is 376 g/mol. The van der Waals surface area contributed by atoms with Crippen LogP contribution in [0.2, 0.25) is 0 Å². The lowest BCUT2D eigenvalue weighted by atomic mass is 9.95. The molecule has 0 unspecified atom stereocenters. The van der Waals surface area contributed by atoms with Crippen LogP contribution in [0.25, 0.3) is 22.0 Å². The summed E-state index contributed by atoms with van der Waals surface area (Å²) in [5.41, 5.74) is -3.19. The number of aromatic nitrogens is 1. The number of phenols is 1. The Morgan fingerprint density at radius 3 is 2.19 bits per heavy atom. The quantitative estimate of drug-likeness (QED) is 0.578. The van der Waals surface area contributed by atoms with Crippen molar-refractivity contribution in [3.63, 3.8) is 0 Å². The summed E-state index contributed by atoms with van der Waals surface area (Å²) in [7, 11) is 1.30. The van der Waals surface area contributed by atoms with Crippen LogP contribution in [0.15, 0.2) is 42.6 Å². The highest BCUT2D eigenvalue weighted by atomic mass is 19.4. The lowest BCUT2D eigenvalue weighted by Crippen LogP contribution is -2.12. The molecule has 0 saturated heterocycles. The number of phenolic OH excluding ortho intramolecular Hbond substituents is 1. The SMILES string of the molecule is COc1ccc(-c2ccnc3cc(C(F)(F)F)cc(C(F)(F)F)c23)cc1O. The van der Waals surface area contributed by atoms with Gasteiger partial charge in [-0.15, -0.1) is 0 Å². The molecule has 1 heterocycles. The van der Waals surface area contributed by atoms with Crippen LogP contribution in [0.3, 0.4) is 0 Å². The number of hydrogen-bond acceptors (Lipinski definition) is 3. The average molecular weight is 387 g/mol. The number of nitrogens with zero attached hydrogens (tertiary/aromatic N) is 1. The molecule has 0 spiro atoms. The van der Waals surface area contributed by atoms with E-state index in [0.717, 1.165) is 6.20 Å². The zero-order chi connectivity index (χ0) is 20.0. The molecule has 0 atom stereocenters. The van der Waals surface area contributed by atoms with Crippen molar-refractivity contribution in [2.75, 3.05) is 7.11 Å². The van der Waals surface area contributed by atoms with Crippen LogP contribution in [0.5, 0.6) is 11.5 Å². The molecule has 9 heteroatoms. The zero-order valence-electron chi connectivity index (χ0n) is 13.6. The molecule has 0 aliphatic carbocycles. The highest BCUT2D eigenvalue weighted by molar-refractivity contribution is 5.98. The van der Waals surface area contributed by atoms with Gasteiger partial charge in [0.1, 0.15) is 0 Å². The molecule has 3 aromatic rings. The van der Waals surface area contributed by atoms with E-state index in [1.165, 1.54) is 31.4 Å². The van der Waals surface area contributed by atoms with E-state index in [2.05, 4.69) is 4.98 Å². The standard InChI is InChI=1S/C18H11F6NO2/c1-27-15-3-2-9(6-14(15)26)11-4-5-25-13-8-10(17(19,20)21)7-12(16(11)13)18(22,23)24/h2-8,26H,1H3. The first-order valence-corrected chi connectivity index (χ1v) is 7.47. The first-order chi connectivity index (χ1) is 12.5. The van der Waals surface area contributed by atoms with Gasteiger partial charge in [0.05, 0.1) is 23.8 Å². The largest absolute Gasteiger partial charge is 0.504 e. The Kier molecular flexibility index (Phi) is 4.41. The minimum atomic E-state index is -5.04. The molecule has 0 aliphatic rings. The van der Waals surface area contributed by atoms with Gasteiger partial charge in [0.25, 0.3) is 0 Å². The molecular formula is C18H11F6NO2. The van der Waals surface area contributed by atoms with E-state index in [-0.39, 0.29) is 28.7 Å². The zero-order valence-corrected chi connectivity index (χ0v) is 13.6. The van der Waals surface area contributed by atoms with Crippen LogP contribution < -0.4 is 4.74 Å². The Hall–Kier alpha value is -2.97. The Labute approximate surface area is 148 Å². The molecule has 142 valence electrons. The predicted molar refractivity (Wildman–Crippen MR) is 85.4 cm³/mol. The minimum absolute atomic E-state index is 0.0148. The van der Waals surface area contributed by atoms with Crippen molar-refractivity contribution < 1.29 is 36.2 Å². The predicted octanol–water partition coefficient (Wildman–Crippen LogP) is 5.65. The summed E-state index contributed by atoms with van der Waals surface area (Å²) in [5.74, 6) is -0.215. The fraction of sp³-hybridized carbons (Fsp3) is 0.167. The van der Waals surface area contributed by atoms with Crippen molar-refractivity contribution in [1.82, 2.24) is 4.98 Å². The van der Waals surface area contributed by atoms with Gasteiger partial charge >= 0.3 is 12.4 Å². The lowest BCUT2D eigenvalue weighted by molar-refractivity contribution is -0.142. The van der Waals surface area contributed by atoms with Crippen molar-refractivity contribution >= 4 is 10.9 Å². The summed E-state index contributed by atoms with van der Waals surface area (Å²) in [6, 6.07) is 5.78. The molecule has 0 radical (unpaired) electrons. The van der Waals surface area contributed by atoms with Crippen molar-refractivity contribution in [2.45, 2.75) is 12.4 Å². The van der Waals surface area contributed by atoms with Gasteiger partial charge in [0.15, 0.2) is 11.5 Å². The third-order valence-corrected chi connectivity index (χ3v) is 3.96. The van der Waals surface area contributed by atoms with Crippen LogP contribution in [0, 0.1) is 0 Å². The third kappa shape index (κ3) is 3.49. The Bertz CT molecular complexity index is 1010. The molecule has 0 amide bonds. The Balaban J connectivity index is 2.37. The van der Waals surface area contributed by atoms with Gasteiger partial charge in [0.2, 0.25) is 0 Å². The van der Waals surface area contributed by atoms with E-state index in [4.69, 9.17) is 4.74 Å². The van der Waals surface area contributed by atoms with Crippen LogP contribution in [0.4, 0.5) is 26.3 Å². The second-order valence-corrected chi connectivity index (χ2v) is 5.66. The van der Waals surface area contributed by atoms with Crippen molar-refractivity contribution in [3.05, 3.63) is 53.7 Å². The monoisotopic (exact) mass is 387 g/mol. The summed E-state index contributed by atoms with van der Waals surface area (Å²) < 4.78 is 84.4. The van der Waals surface area contributed by atoms with E-state index in [1.54, 1.807) is 0 Å². The maximum Gasteiger partial charge on any atom is 0.417 e. The number of alkyl halides is 6. The van der Waals surface area contributed by atoms with E-state index >= 15 is 0 Å². The molecule has 3 rings (SSSR count). The number of hydrogen-bond donors (Lipinski definition) is 1. The number of ether oxygens (including phenoxy) is 1. The average Bonchev–Trinajstić information content (AvgIpc) is 2.58. The van der Waals surface area contributed by atoms with Crippen LogP contribution in [0.1, 0.15) is 11.1 Å². The van der Waals surface area contributed by atoms with Crippen molar-refractivity contribution in [1.29, 1.82) is 0 Å². The molecule has 0 saturated carbocycles. The number of fused-ring (bicyclic) bond motifs is 1. The maximum absolute atomic E-state index is 13.5. The number of benzene rings is 2. The Morgan fingerprint density at radius 1 is 0.926 bits per heavy atom. The minimum Gasteiger partial charge on any atom is -0.504 e. The van der Waals surface area contributed by atoms with Gasteiger partial charge in [0, 0.05) is 11.6 Å². The fourth-order valence-electron chi connectivity index (χ4n) is 2.77. The molecule has 0 fully saturated rings. The van der Waals surface area contributed by atoms with Gasteiger partial charge in [-0.05, 0) is 41.5 Å². The highest BCUT2D eigenvalue weighted by Crippen LogP contribution is 2.43. The van der Waals surface area contributed by atoms with Gasteiger partial charge in [-0.3, -0.25) is 4.98 Å². The molecule has 3 nitrogen and oxygen atoms in total. The van der Waals surface area contributed by atoms with E-state index in [9.17, 15) is 31.4 Å². The summed E-state index contributed by atoms with van der Waals surface area (Å²) >= 11 is 0. The second kappa shape index (κ2) is 6.33. The number of methoxy groups -OCH3 is 1. The lowest BCUT2D eigenvalue weighted by Gasteiger charge is -2.17.